The molecule has 2 rings (SSSR count). The summed E-state index contributed by atoms with van der Waals surface area (Å²) >= 11 is 6.37. The van der Waals surface area contributed by atoms with Crippen LogP contribution in [0.15, 0.2) is 44.2 Å². The molecule has 0 fully saturated rings. The number of aldehydes is 1. The van der Waals surface area contributed by atoms with Crippen LogP contribution in [0.3, 0.4) is 0 Å². The van der Waals surface area contributed by atoms with Crippen LogP contribution >= 0.6 is 39.0 Å². The van der Waals surface area contributed by atoms with E-state index in [1.807, 2.05) is 24.3 Å². The van der Waals surface area contributed by atoms with Crippen LogP contribution in [-0.4, -0.2) is 11.3 Å². The number of aromatic nitrogens is 1. The minimum atomic E-state index is 0.745. The van der Waals surface area contributed by atoms with Crippen molar-refractivity contribution in [2.24, 2.45) is 0 Å². The molecular weight excluding hydrogens is 294 g/mol. The summed E-state index contributed by atoms with van der Waals surface area (Å²) in [5.41, 5.74) is 0. The van der Waals surface area contributed by atoms with Crippen molar-refractivity contribution in [2.75, 3.05) is 0 Å². The number of rotatable bonds is 3. The largest absolute Gasteiger partial charge is 0.297 e. The first kappa shape index (κ1) is 10.9. The van der Waals surface area contributed by atoms with Crippen molar-refractivity contribution < 1.29 is 4.79 Å². The van der Waals surface area contributed by atoms with Crippen molar-refractivity contribution in [3.8, 4) is 0 Å². The highest BCUT2D eigenvalue weighted by atomic mass is 79.9. The molecule has 2 aromatic rings. The molecule has 0 spiro atoms. The lowest BCUT2D eigenvalue weighted by atomic mass is 10.5. The Bertz CT molecular complexity index is 467. The second-order valence-electron chi connectivity index (χ2n) is 2.69. The third-order valence-electron chi connectivity index (χ3n) is 1.62. The number of halogens is 1. The van der Waals surface area contributed by atoms with E-state index >= 15 is 0 Å². The lowest BCUT2D eigenvalue weighted by molar-refractivity contribution is 0.112. The summed E-state index contributed by atoms with van der Waals surface area (Å²) in [7, 11) is 0. The van der Waals surface area contributed by atoms with Gasteiger partial charge in [-0.3, -0.25) is 4.79 Å². The maximum Gasteiger partial charge on any atom is 0.160 e. The van der Waals surface area contributed by atoms with E-state index in [4.69, 9.17) is 0 Å². The van der Waals surface area contributed by atoms with Gasteiger partial charge in [0, 0.05) is 10.7 Å². The Hall–Kier alpha value is -0.650. The summed E-state index contributed by atoms with van der Waals surface area (Å²) in [6.45, 7) is 0. The van der Waals surface area contributed by atoms with Gasteiger partial charge in [0.25, 0.3) is 0 Å². The van der Waals surface area contributed by atoms with Gasteiger partial charge >= 0.3 is 0 Å². The van der Waals surface area contributed by atoms with Crippen LogP contribution in [0.5, 0.6) is 0 Å². The second kappa shape index (κ2) is 4.92. The molecule has 0 saturated carbocycles. The number of thiophene rings is 1. The maximum absolute atomic E-state index is 10.5. The van der Waals surface area contributed by atoms with Gasteiger partial charge in [-0.05, 0) is 40.2 Å². The van der Waals surface area contributed by atoms with Crippen LogP contribution in [0.2, 0.25) is 0 Å². The van der Waals surface area contributed by atoms with Gasteiger partial charge in [-0.15, -0.1) is 11.3 Å². The molecule has 2 aromatic heterocycles. The number of hydrogen-bond donors (Lipinski definition) is 0. The number of nitrogens with zero attached hydrogens (tertiary/aromatic N) is 1. The molecular formula is C10H6BrNOS2. The van der Waals surface area contributed by atoms with E-state index in [0.29, 0.717) is 0 Å². The molecule has 0 unspecified atom stereocenters. The van der Waals surface area contributed by atoms with Crippen LogP contribution in [0.1, 0.15) is 9.67 Å². The maximum atomic E-state index is 10.5. The van der Waals surface area contributed by atoms with Crippen molar-refractivity contribution in [3.05, 3.63) is 39.8 Å². The van der Waals surface area contributed by atoms with E-state index in [0.717, 1.165) is 24.9 Å². The average molecular weight is 300 g/mol. The van der Waals surface area contributed by atoms with E-state index in [-0.39, 0.29) is 0 Å². The van der Waals surface area contributed by atoms with Gasteiger partial charge in [-0.1, -0.05) is 11.8 Å². The van der Waals surface area contributed by atoms with E-state index < -0.39 is 0 Å². The first-order valence-electron chi connectivity index (χ1n) is 4.12. The molecule has 0 N–H and O–H groups in total. The van der Waals surface area contributed by atoms with Gasteiger partial charge in [-0.25, -0.2) is 4.98 Å². The molecule has 15 heavy (non-hydrogen) atoms. The standard InChI is InChI=1S/C10H6BrNOS2/c11-7-1-3-9(12-5-7)15-10-4-2-8(6-13)14-10/h1-6H. The van der Waals surface area contributed by atoms with Gasteiger partial charge in [0.1, 0.15) is 5.03 Å². The minimum Gasteiger partial charge on any atom is -0.297 e. The molecule has 5 heteroatoms. The zero-order valence-electron chi connectivity index (χ0n) is 7.51. The van der Waals surface area contributed by atoms with E-state index in [1.54, 1.807) is 18.0 Å². The van der Waals surface area contributed by atoms with Crippen molar-refractivity contribution in [3.63, 3.8) is 0 Å². The molecule has 0 aromatic carbocycles. The Kier molecular flexibility index (Phi) is 3.56. The van der Waals surface area contributed by atoms with Crippen molar-refractivity contribution in [2.45, 2.75) is 9.24 Å². The molecule has 0 aliphatic carbocycles. The van der Waals surface area contributed by atoms with Crippen molar-refractivity contribution in [1.82, 2.24) is 4.98 Å². The number of carbonyl (C=O) groups is 1. The first-order valence-corrected chi connectivity index (χ1v) is 6.55. The van der Waals surface area contributed by atoms with Crippen LogP contribution in [0.25, 0.3) is 0 Å². The third-order valence-corrected chi connectivity index (χ3v) is 4.19. The quantitative estimate of drug-likeness (QED) is 0.806. The van der Waals surface area contributed by atoms with Gasteiger partial charge in [0.15, 0.2) is 6.29 Å². The Balaban J connectivity index is 2.14. The van der Waals surface area contributed by atoms with Crippen LogP contribution in [-0.2, 0) is 0 Å². The molecule has 0 bridgehead atoms. The molecule has 2 heterocycles. The van der Waals surface area contributed by atoms with E-state index in [2.05, 4.69) is 20.9 Å². The lowest BCUT2D eigenvalue weighted by Crippen LogP contribution is -1.76. The summed E-state index contributed by atoms with van der Waals surface area (Å²) in [5, 5.41) is 0.928. The first-order chi connectivity index (χ1) is 7.28. The fourth-order valence-electron chi connectivity index (χ4n) is 0.978. The van der Waals surface area contributed by atoms with Gasteiger partial charge in [0.05, 0.1) is 9.09 Å². The number of pyridine rings is 1. The molecule has 0 radical (unpaired) electrons. The SMILES string of the molecule is O=Cc1ccc(Sc2ccc(Br)cn2)s1. The Morgan fingerprint density at radius 1 is 1.33 bits per heavy atom. The third kappa shape index (κ3) is 2.90. The summed E-state index contributed by atoms with van der Waals surface area (Å²) in [4.78, 5) is 15.5. The molecule has 0 atom stereocenters. The predicted molar refractivity (Wildman–Crippen MR) is 65.8 cm³/mol. The topological polar surface area (TPSA) is 30.0 Å². The van der Waals surface area contributed by atoms with Crippen molar-refractivity contribution >= 4 is 45.3 Å². The normalized spacial score (nSPS) is 10.2. The summed E-state index contributed by atoms with van der Waals surface area (Å²) in [5.74, 6) is 0. The fourth-order valence-corrected chi connectivity index (χ4v) is 3.06. The van der Waals surface area contributed by atoms with Crippen LogP contribution in [0, 0.1) is 0 Å². The zero-order valence-corrected chi connectivity index (χ0v) is 10.7. The highest BCUT2D eigenvalue weighted by Crippen LogP contribution is 2.31. The molecule has 0 aliphatic heterocycles. The summed E-state index contributed by atoms with van der Waals surface area (Å²) < 4.78 is 2.04. The van der Waals surface area contributed by atoms with E-state index in [9.17, 15) is 4.79 Å². The Morgan fingerprint density at radius 3 is 2.80 bits per heavy atom. The van der Waals surface area contributed by atoms with Crippen LogP contribution < -0.4 is 0 Å². The molecule has 0 aliphatic rings. The van der Waals surface area contributed by atoms with Crippen molar-refractivity contribution in [1.29, 1.82) is 0 Å². The molecule has 76 valence electrons. The molecule has 0 saturated heterocycles. The zero-order chi connectivity index (χ0) is 10.7. The number of carbonyl (C=O) groups excluding carboxylic acids is 1. The molecule has 0 amide bonds. The van der Waals surface area contributed by atoms with Crippen LogP contribution in [0.4, 0.5) is 0 Å². The summed E-state index contributed by atoms with van der Waals surface area (Å²) in [6, 6.07) is 7.64. The minimum absolute atomic E-state index is 0.745. The monoisotopic (exact) mass is 299 g/mol. The lowest BCUT2D eigenvalue weighted by Gasteiger charge is -1.96. The average Bonchev–Trinajstić information content (AvgIpc) is 2.69. The fraction of sp³-hybridized carbons (Fsp3) is 0. The Labute approximate surface area is 104 Å². The predicted octanol–water partition coefficient (Wildman–Crippen LogP) is 3.87. The Morgan fingerprint density at radius 2 is 2.20 bits per heavy atom. The van der Waals surface area contributed by atoms with Gasteiger partial charge < -0.3 is 0 Å². The number of hydrogen-bond acceptors (Lipinski definition) is 4. The smallest absolute Gasteiger partial charge is 0.160 e. The highest BCUT2D eigenvalue weighted by molar-refractivity contribution is 9.10. The highest BCUT2D eigenvalue weighted by Gasteiger charge is 2.02. The molecule has 2 nitrogen and oxygen atoms in total. The van der Waals surface area contributed by atoms with Gasteiger partial charge in [0.2, 0.25) is 0 Å². The second-order valence-corrected chi connectivity index (χ2v) is 6.04. The van der Waals surface area contributed by atoms with Gasteiger partial charge in [-0.2, -0.15) is 0 Å². The summed E-state index contributed by atoms with van der Waals surface area (Å²) in [6.07, 6.45) is 2.63. The van der Waals surface area contributed by atoms with E-state index in [1.165, 1.54) is 11.3 Å².